The molecule has 2 heterocycles. The van der Waals surface area contributed by atoms with E-state index in [0.29, 0.717) is 12.0 Å². The number of hydrogen-bond acceptors (Lipinski definition) is 5. The number of benzene rings is 1. The average Bonchev–Trinajstić information content (AvgIpc) is 2.63. The van der Waals surface area contributed by atoms with E-state index in [1.807, 2.05) is 24.3 Å². The van der Waals surface area contributed by atoms with Crippen LogP contribution in [0.5, 0.6) is 0 Å². The third-order valence-electron chi connectivity index (χ3n) is 4.53. The van der Waals surface area contributed by atoms with Crippen LogP contribution >= 0.6 is 0 Å². The maximum Gasteiger partial charge on any atom is 0.225 e. The fraction of sp³-hybridized carbons (Fsp3) is 0.500. The lowest BCUT2D eigenvalue weighted by Gasteiger charge is -2.22. The molecule has 2 aromatic rings. The zero-order chi connectivity index (χ0) is 17.5. The van der Waals surface area contributed by atoms with Crippen LogP contribution in [-0.2, 0) is 0 Å². The van der Waals surface area contributed by atoms with Gasteiger partial charge in [0, 0.05) is 24.2 Å². The monoisotopic (exact) mass is 339 g/mol. The van der Waals surface area contributed by atoms with Crippen LogP contribution in [0.1, 0.15) is 33.1 Å². The van der Waals surface area contributed by atoms with Gasteiger partial charge < -0.3 is 16.0 Å². The van der Waals surface area contributed by atoms with E-state index in [1.165, 1.54) is 19.3 Å². The minimum absolute atomic E-state index is 0.300. The molecule has 1 saturated heterocycles. The highest BCUT2D eigenvalue weighted by molar-refractivity contribution is 5.64. The summed E-state index contributed by atoms with van der Waals surface area (Å²) in [5.41, 5.74) is 2.06. The zero-order valence-corrected chi connectivity index (χ0v) is 15.3. The average molecular weight is 339 g/mol. The Labute approximate surface area is 150 Å². The number of rotatable bonds is 7. The van der Waals surface area contributed by atoms with Crippen molar-refractivity contribution in [1.29, 1.82) is 0 Å². The summed E-state index contributed by atoms with van der Waals surface area (Å²) < 4.78 is 0. The van der Waals surface area contributed by atoms with Crippen molar-refractivity contribution in [2.75, 3.05) is 30.3 Å². The molecule has 0 unspecified atom stereocenters. The topological polar surface area (TPSA) is 61.9 Å². The number of aromatic nitrogens is 2. The van der Waals surface area contributed by atoms with Crippen LogP contribution in [0.2, 0.25) is 0 Å². The van der Waals surface area contributed by atoms with Gasteiger partial charge >= 0.3 is 0 Å². The summed E-state index contributed by atoms with van der Waals surface area (Å²) in [4.78, 5) is 9.31. The van der Waals surface area contributed by atoms with E-state index in [4.69, 9.17) is 0 Å². The van der Waals surface area contributed by atoms with Crippen molar-refractivity contribution in [1.82, 2.24) is 15.3 Å². The second-order valence-corrected chi connectivity index (χ2v) is 7.04. The van der Waals surface area contributed by atoms with Crippen LogP contribution in [0, 0.1) is 5.92 Å². The fourth-order valence-corrected chi connectivity index (χ4v) is 3.19. The Hall–Kier alpha value is -2.14. The van der Waals surface area contributed by atoms with Gasteiger partial charge in [-0.15, -0.1) is 0 Å². The molecule has 0 bridgehead atoms. The van der Waals surface area contributed by atoms with E-state index in [9.17, 15) is 0 Å². The van der Waals surface area contributed by atoms with Crippen LogP contribution in [0.25, 0.3) is 11.3 Å². The SMILES string of the molecule is CC(C)Nc1nc(NCCC2CCNCC2)cc(-c2ccccc2)n1. The summed E-state index contributed by atoms with van der Waals surface area (Å²) in [6.07, 6.45) is 3.75. The second-order valence-electron chi connectivity index (χ2n) is 7.04. The number of piperidine rings is 1. The van der Waals surface area contributed by atoms with Crippen molar-refractivity contribution in [2.24, 2.45) is 5.92 Å². The van der Waals surface area contributed by atoms with E-state index >= 15 is 0 Å². The molecule has 1 aliphatic heterocycles. The van der Waals surface area contributed by atoms with E-state index in [-0.39, 0.29) is 0 Å². The van der Waals surface area contributed by atoms with Crippen molar-refractivity contribution < 1.29 is 0 Å². The minimum atomic E-state index is 0.300. The summed E-state index contributed by atoms with van der Waals surface area (Å²) in [5, 5.41) is 10.3. The van der Waals surface area contributed by atoms with Crippen LogP contribution < -0.4 is 16.0 Å². The highest BCUT2D eigenvalue weighted by Gasteiger charge is 2.13. The summed E-state index contributed by atoms with van der Waals surface area (Å²) in [6.45, 7) is 7.46. The van der Waals surface area contributed by atoms with Crippen LogP contribution in [0.3, 0.4) is 0 Å². The van der Waals surface area contributed by atoms with Gasteiger partial charge in [-0.05, 0) is 52.1 Å². The minimum Gasteiger partial charge on any atom is -0.370 e. The number of nitrogens with zero attached hydrogens (tertiary/aromatic N) is 2. The first-order valence-electron chi connectivity index (χ1n) is 9.36. The van der Waals surface area contributed by atoms with Crippen molar-refractivity contribution in [3.8, 4) is 11.3 Å². The molecule has 25 heavy (non-hydrogen) atoms. The Balaban J connectivity index is 1.70. The molecule has 1 aliphatic rings. The molecule has 3 rings (SSSR count). The Morgan fingerprint density at radius 1 is 1.12 bits per heavy atom. The lowest BCUT2D eigenvalue weighted by molar-refractivity contribution is 0.361. The van der Waals surface area contributed by atoms with Crippen LogP contribution in [0.15, 0.2) is 36.4 Å². The van der Waals surface area contributed by atoms with Gasteiger partial charge in [0.2, 0.25) is 5.95 Å². The standard InChI is InChI=1S/C20H29N5/c1-15(2)23-20-24-18(17-6-4-3-5-7-17)14-19(25-20)22-13-10-16-8-11-21-12-9-16/h3-7,14-16,21H,8-13H2,1-2H3,(H2,22,23,24,25). The highest BCUT2D eigenvalue weighted by atomic mass is 15.1. The molecule has 0 amide bonds. The molecule has 0 atom stereocenters. The van der Waals surface area contributed by atoms with E-state index in [0.717, 1.165) is 42.6 Å². The smallest absolute Gasteiger partial charge is 0.225 e. The van der Waals surface area contributed by atoms with Gasteiger partial charge in [0.05, 0.1) is 5.69 Å². The van der Waals surface area contributed by atoms with Gasteiger partial charge in [0.15, 0.2) is 0 Å². The van der Waals surface area contributed by atoms with Crippen LogP contribution in [0.4, 0.5) is 11.8 Å². The highest BCUT2D eigenvalue weighted by Crippen LogP contribution is 2.22. The first-order valence-corrected chi connectivity index (χ1v) is 9.36. The van der Waals surface area contributed by atoms with Crippen LogP contribution in [-0.4, -0.2) is 35.6 Å². The third-order valence-corrected chi connectivity index (χ3v) is 4.53. The van der Waals surface area contributed by atoms with E-state index in [1.54, 1.807) is 0 Å². The van der Waals surface area contributed by atoms with Crippen molar-refractivity contribution in [3.63, 3.8) is 0 Å². The lowest BCUT2D eigenvalue weighted by Crippen LogP contribution is -2.28. The third kappa shape index (κ3) is 5.43. The van der Waals surface area contributed by atoms with Crippen molar-refractivity contribution in [3.05, 3.63) is 36.4 Å². The van der Waals surface area contributed by atoms with Crippen molar-refractivity contribution in [2.45, 2.75) is 39.2 Å². The van der Waals surface area contributed by atoms with Gasteiger partial charge in [0.1, 0.15) is 5.82 Å². The molecule has 5 heteroatoms. The molecular formula is C20H29N5. The fourth-order valence-electron chi connectivity index (χ4n) is 3.19. The maximum atomic E-state index is 4.67. The molecule has 0 spiro atoms. The predicted molar refractivity (Wildman–Crippen MR) is 105 cm³/mol. The predicted octanol–water partition coefficient (Wildman–Crippen LogP) is 3.77. The Morgan fingerprint density at radius 3 is 2.60 bits per heavy atom. The number of anilines is 2. The number of nitrogens with one attached hydrogen (secondary N) is 3. The van der Waals surface area contributed by atoms with Gasteiger partial charge in [-0.1, -0.05) is 30.3 Å². The lowest BCUT2D eigenvalue weighted by atomic mass is 9.95. The molecule has 5 nitrogen and oxygen atoms in total. The molecule has 0 saturated carbocycles. The molecule has 1 aromatic carbocycles. The Bertz CT molecular complexity index is 650. The van der Waals surface area contributed by atoms with E-state index in [2.05, 4.69) is 51.9 Å². The maximum absolute atomic E-state index is 4.67. The Kier molecular flexibility index (Phi) is 6.23. The zero-order valence-electron chi connectivity index (χ0n) is 15.3. The second kappa shape index (κ2) is 8.81. The first kappa shape index (κ1) is 17.7. The molecule has 3 N–H and O–H groups in total. The molecule has 0 aliphatic carbocycles. The summed E-state index contributed by atoms with van der Waals surface area (Å²) in [6, 6.07) is 12.6. The van der Waals surface area contributed by atoms with Gasteiger partial charge in [-0.25, -0.2) is 4.98 Å². The van der Waals surface area contributed by atoms with Crippen molar-refractivity contribution >= 4 is 11.8 Å². The molecule has 0 radical (unpaired) electrons. The summed E-state index contributed by atoms with van der Waals surface area (Å²) in [7, 11) is 0. The molecule has 1 fully saturated rings. The van der Waals surface area contributed by atoms with Gasteiger partial charge in [0.25, 0.3) is 0 Å². The molecule has 134 valence electrons. The molecule has 1 aromatic heterocycles. The van der Waals surface area contributed by atoms with Gasteiger partial charge in [-0.3, -0.25) is 0 Å². The summed E-state index contributed by atoms with van der Waals surface area (Å²) >= 11 is 0. The number of hydrogen-bond donors (Lipinski definition) is 3. The quantitative estimate of drug-likeness (QED) is 0.717. The molecular weight excluding hydrogens is 310 g/mol. The largest absolute Gasteiger partial charge is 0.370 e. The first-order chi connectivity index (χ1) is 12.2. The summed E-state index contributed by atoms with van der Waals surface area (Å²) in [5.74, 6) is 2.39. The normalized spacial score (nSPS) is 15.3. The Morgan fingerprint density at radius 2 is 1.88 bits per heavy atom. The van der Waals surface area contributed by atoms with E-state index < -0.39 is 0 Å². The van der Waals surface area contributed by atoms with Gasteiger partial charge in [-0.2, -0.15) is 4.98 Å².